The summed E-state index contributed by atoms with van der Waals surface area (Å²) in [5.74, 6) is -0.319. The van der Waals surface area contributed by atoms with E-state index in [4.69, 9.17) is 27.7 Å². The third-order valence-corrected chi connectivity index (χ3v) is 6.81. The normalized spacial score (nSPS) is 13.3. The molecule has 2 amide bonds. The largest absolute Gasteiger partial charge is 0.507 e. The van der Waals surface area contributed by atoms with Gasteiger partial charge in [-0.3, -0.25) is 4.79 Å². The molecule has 2 heterocycles. The number of aromatic nitrogens is 3. The molecule has 0 unspecified atom stereocenters. The molecule has 36 heavy (non-hydrogen) atoms. The molecule has 1 fully saturated rings. The van der Waals surface area contributed by atoms with Crippen LogP contribution in [0.3, 0.4) is 0 Å². The van der Waals surface area contributed by atoms with E-state index in [1.807, 2.05) is 6.07 Å². The van der Waals surface area contributed by atoms with Gasteiger partial charge < -0.3 is 20.3 Å². The van der Waals surface area contributed by atoms with Crippen molar-refractivity contribution in [1.29, 1.82) is 0 Å². The molecular formula is C25H21Cl2N5O4. The number of nitrogens with one attached hydrogen (secondary N) is 2. The molecule has 0 saturated heterocycles. The van der Waals surface area contributed by atoms with Crippen LogP contribution in [0.25, 0.3) is 11.3 Å². The van der Waals surface area contributed by atoms with Crippen LogP contribution in [0.15, 0.2) is 59.3 Å². The van der Waals surface area contributed by atoms with Crippen LogP contribution in [0.2, 0.25) is 10.0 Å². The van der Waals surface area contributed by atoms with E-state index >= 15 is 0 Å². The van der Waals surface area contributed by atoms with Gasteiger partial charge in [-0.1, -0.05) is 40.8 Å². The summed E-state index contributed by atoms with van der Waals surface area (Å²) in [5, 5.41) is 25.0. The molecule has 5 rings (SSSR count). The Balaban J connectivity index is 1.36. The molecule has 184 valence electrons. The number of rotatable bonds is 6. The van der Waals surface area contributed by atoms with Crippen LogP contribution in [0.5, 0.6) is 5.75 Å². The zero-order chi connectivity index (χ0) is 25.2. The Labute approximate surface area is 216 Å². The van der Waals surface area contributed by atoms with E-state index in [1.54, 1.807) is 30.3 Å². The first kappa shape index (κ1) is 23.9. The highest BCUT2D eigenvalue weighted by molar-refractivity contribution is 6.42. The van der Waals surface area contributed by atoms with Gasteiger partial charge in [-0.25, -0.2) is 4.79 Å². The molecule has 0 radical (unpaired) electrons. The number of carbonyl (C=O) groups is 2. The molecular weight excluding hydrogens is 505 g/mol. The highest BCUT2D eigenvalue weighted by atomic mass is 35.5. The number of carbonyl (C=O) groups excluding carboxylic acids is 2. The Bertz CT molecular complexity index is 1430. The predicted octanol–water partition coefficient (Wildman–Crippen LogP) is 5.83. The Morgan fingerprint density at radius 1 is 1.08 bits per heavy atom. The summed E-state index contributed by atoms with van der Waals surface area (Å²) in [7, 11) is 0. The zero-order valence-electron chi connectivity index (χ0n) is 18.9. The molecule has 1 saturated carbocycles. The summed E-state index contributed by atoms with van der Waals surface area (Å²) < 4.78 is 6.20. The number of amides is 2. The third-order valence-electron chi connectivity index (χ3n) is 6.07. The molecule has 11 heteroatoms. The predicted molar refractivity (Wildman–Crippen MR) is 134 cm³/mol. The van der Waals surface area contributed by atoms with Gasteiger partial charge in [0.2, 0.25) is 5.76 Å². The van der Waals surface area contributed by atoms with Crippen LogP contribution in [0.4, 0.5) is 10.5 Å². The smallest absolute Gasteiger partial charge is 0.342 e. The van der Waals surface area contributed by atoms with E-state index in [1.165, 1.54) is 23.0 Å². The zero-order valence-corrected chi connectivity index (χ0v) is 20.4. The number of hydrogen-bond acceptors (Lipinski definition) is 6. The first-order valence-corrected chi connectivity index (χ1v) is 12.0. The van der Waals surface area contributed by atoms with Crippen LogP contribution < -0.4 is 10.6 Å². The van der Waals surface area contributed by atoms with Crippen molar-refractivity contribution in [2.75, 3.05) is 5.32 Å². The van der Waals surface area contributed by atoms with Crippen LogP contribution in [0.1, 0.15) is 47.0 Å². The number of anilines is 1. The van der Waals surface area contributed by atoms with Crippen molar-refractivity contribution in [2.24, 2.45) is 0 Å². The van der Waals surface area contributed by atoms with Crippen molar-refractivity contribution in [1.82, 2.24) is 20.3 Å². The van der Waals surface area contributed by atoms with Gasteiger partial charge in [0.05, 0.1) is 27.6 Å². The van der Waals surface area contributed by atoms with Crippen LogP contribution >= 0.6 is 23.2 Å². The average Bonchev–Trinajstić information content (AvgIpc) is 3.50. The van der Waals surface area contributed by atoms with Gasteiger partial charge in [0.25, 0.3) is 5.91 Å². The van der Waals surface area contributed by atoms with E-state index in [9.17, 15) is 14.7 Å². The Kier molecular flexibility index (Phi) is 6.67. The van der Waals surface area contributed by atoms with E-state index in [0.29, 0.717) is 27.0 Å². The van der Waals surface area contributed by atoms with Crippen LogP contribution in [-0.2, 0) is 6.54 Å². The number of aromatic hydroxyl groups is 1. The van der Waals surface area contributed by atoms with Crippen molar-refractivity contribution in [3.8, 4) is 17.0 Å². The molecule has 1 aliphatic carbocycles. The molecule has 0 spiro atoms. The van der Waals surface area contributed by atoms with Gasteiger partial charge in [-0.2, -0.15) is 9.78 Å². The van der Waals surface area contributed by atoms with Gasteiger partial charge in [0.1, 0.15) is 5.75 Å². The number of halogens is 2. The molecule has 3 N–H and O–H groups in total. The summed E-state index contributed by atoms with van der Waals surface area (Å²) in [5.41, 5.74) is 2.84. The lowest BCUT2D eigenvalue weighted by atomic mass is 9.82. The fraction of sp³-hybridized carbons (Fsp3) is 0.200. The summed E-state index contributed by atoms with van der Waals surface area (Å²) in [4.78, 5) is 25.2. The number of hydrogen-bond donors (Lipinski definition) is 3. The van der Waals surface area contributed by atoms with Gasteiger partial charge in [-0.05, 0) is 48.7 Å². The minimum absolute atomic E-state index is 0.0503. The summed E-state index contributed by atoms with van der Waals surface area (Å²) in [6.45, 7) is 0.250. The maximum atomic E-state index is 13.1. The fourth-order valence-electron chi connectivity index (χ4n) is 3.94. The van der Waals surface area contributed by atoms with Crippen molar-refractivity contribution in [2.45, 2.75) is 31.7 Å². The quantitative estimate of drug-likeness (QED) is 0.291. The highest BCUT2D eigenvalue weighted by Crippen LogP contribution is 2.39. The molecule has 0 atom stereocenters. The minimum atomic E-state index is -0.491. The van der Waals surface area contributed by atoms with Gasteiger partial charge in [0, 0.05) is 35.8 Å². The second-order valence-corrected chi connectivity index (χ2v) is 9.28. The topological polar surface area (TPSA) is 122 Å². The lowest BCUT2D eigenvalue weighted by Gasteiger charge is -2.25. The van der Waals surface area contributed by atoms with Gasteiger partial charge in [-0.15, -0.1) is 0 Å². The first-order chi connectivity index (χ1) is 17.4. The van der Waals surface area contributed by atoms with E-state index in [-0.39, 0.29) is 30.0 Å². The Morgan fingerprint density at radius 3 is 2.58 bits per heavy atom. The Morgan fingerprint density at radius 2 is 1.92 bits per heavy atom. The lowest BCUT2D eigenvalue weighted by Crippen LogP contribution is -2.31. The Hall–Kier alpha value is -3.82. The maximum absolute atomic E-state index is 13.1. The highest BCUT2D eigenvalue weighted by Gasteiger charge is 2.27. The molecule has 2 aromatic heterocycles. The second kappa shape index (κ2) is 10.0. The fourth-order valence-corrected chi connectivity index (χ4v) is 4.26. The summed E-state index contributed by atoms with van der Waals surface area (Å²) in [6, 6.07) is 12.7. The van der Waals surface area contributed by atoms with E-state index in [0.717, 1.165) is 30.5 Å². The second-order valence-electron chi connectivity index (χ2n) is 8.46. The number of nitrogens with zero attached hydrogens (tertiary/aromatic N) is 3. The summed E-state index contributed by atoms with van der Waals surface area (Å²) >= 11 is 12.0. The molecule has 1 aliphatic rings. The van der Waals surface area contributed by atoms with Crippen molar-refractivity contribution in [3.63, 3.8) is 0 Å². The molecule has 2 aromatic carbocycles. The van der Waals surface area contributed by atoms with E-state index < -0.39 is 5.91 Å². The minimum Gasteiger partial charge on any atom is -0.507 e. The number of phenols is 1. The van der Waals surface area contributed by atoms with Crippen LogP contribution in [0, 0.1) is 0 Å². The standard InChI is InChI=1S/C25H21Cl2N5O4/c26-18-7-4-14(10-19(18)27)13-28-25(35)32-21(15-2-1-3-15)12-20(31-32)17-6-5-16(11-22(17)33)30-24(34)23-8-9-29-36-23/h4-12,15,33H,1-3,13H2,(H,28,35)(H,30,34). The van der Waals surface area contributed by atoms with E-state index in [2.05, 4.69) is 20.9 Å². The molecule has 9 nitrogen and oxygen atoms in total. The van der Waals surface area contributed by atoms with Gasteiger partial charge >= 0.3 is 6.03 Å². The molecule has 4 aromatic rings. The lowest BCUT2D eigenvalue weighted by molar-refractivity contribution is 0.0988. The summed E-state index contributed by atoms with van der Waals surface area (Å²) in [6.07, 6.45) is 4.38. The average molecular weight is 526 g/mol. The molecule has 0 bridgehead atoms. The maximum Gasteiger partial charge on any atom is 0.342 e. The number of benzene rings is 2. The van der Waals surface area contributed by atoms with Crippen LogP contribution in [-0.4, -0.2) is 32.0 Å². The third kappa shape index (κ3) is 4.93. The SMILES string of the molecule is O=C(Nc1ccc(-c2cc(C3CCC3)n(C(=O)NCc3ccc(Cl)c(Cl)c3)n2)c(O)c1)c1ccno1. The van der Waals surface area contributed by atoms with Crippen molar-refractivity contribution >= 4 is 40.8 Å². The van der Waals surface area contributed by atoms with Crippen molar-refractivity contribution in [3.05, 3.63) is 81.8 Å². The van der Waals surface area contributed by atoms with Gasteiger partial charge in [0.15, 0.2) is 0 Å². The monoisotopic (exact) mass is 525 g/mol. The van der Waals surface area contributed by atoms with Crippen molar-refractivity contribution < 1.29 is 19.2 Å². The number of phenolic OH excluding ortho intramolecular Hbond substituents is 1. The molecule has 0 aliphatic heterocycles. The first-order valence-electron chi connectivity index (χ1n) is 11.3.